The molecule has 1 fully saturated rings. The van der Waals surface area contributed by atoms with E-state index in [4.69, 9.17) is 0 Å². The zero-order valence-corrected chi connectivity index (χ0v) is 11.3. The average Bonchev–Trinajstić information content (AvgIpc) is 3.23. The first-order valence-electron chi connectivity index (χ1n) is 7.35. The summed E-state index contributed by atoms with van der Waals surface area (Å²) in [5, 5.41) is 7.10. The molecule has 1 aliphatic carbocycles. The predicted octanol–water partition coefficient (Wildman–Crippen LogP) is 2.47. The van der Waals surface area contributed by atoms with E-state index < -0.39 is 0 Å². The molecule has 1 aliphatic heterocycles. The van der Waals surface area contributed by atoms with Gasteiger partial charge in [-0.2, -0.15) is 0 Å². The van der Waals surface area contributed by atoms with E-state index in [-0.39, 0.29) is 0 Å². The van der Waals surface area contributed by atoms with Crippen molar-refractivity contribution in [1.29, 1.82) is 0 Å². The molecule has 1 saturated carbocycles. The van der Waals surface area contributed by atoms with Crippen LogP contribution >= 0.6 is 0 Å². The highest BCUT2D eigenvalue weighted by Gasteiger charge is 2.27. The first-order valence-corrected chi connectivity index (χ1v) is 7.35. The van der Waals surface area contributed by atoms with Crippen molar-refractivity contribution in [1.82, 2.24) is 10.6 Å². The number of nitrogens with one attached hydrogen (secondary N) is 2. The van der Waals surface area contributed by atoms with Gasteiger partial charge in [0.25, 0.3) is 0 Å². The van der Waals surface area contributed by atoms with Gasteiger partial charge in [0.1, 0.15) is 0 Å². The van der Waals surface area contributed by atoms with Gasteiger partial charge in [0.2, 0.25) is 0 Å². The quantitative estimate of drug-likeness (QED) is 0.831. The molecule has 3 rings (SSSR count). The third-order valence-electron chi connectivity index (χ3n) is 4.45. The normalized spacial score (nSPS) is 20.5. The number of hydrogen-bond acceptors (Lipinski definition) is 2. The van der Waals surface area contributed by atoms with Gasteiger partial charge in [-0.3, -0.25) is 0 Å². The van der Waals surface area contributed by atoms with Gasteiger partial charge in [-0.1, -0.05) is 25.1 Å². The SMILES string of the molecule is CC(CNCc1cccc2c1CCNC2)C1CC1. The molecule has 1 aromatic carbocycles. The molecule has 0 radical (unpaired) electrons. The third-order valence-corrected chi connectivity index (χ3v) is 4.45. The highest BCUT2D eigenvalue weighted by molar-refractivity contribution is 5.36. The molecule has 1 atom stereocenters. The van der Waals surface area contributed by atoms with Crippen molar-refractivity contribution >= 4 is 0 Å². The maximum Gasteiger partial charge on any atom is 0.0208 e. The molecule has 2 heteroatoms. The van der Waals surface area contributed by atoms with Crippen LogP contribution in [0.5, 0.6) is 0 Å². The molecule has 0 amide bonds. The zero-order valence-electron chi connectivity index (χ0n) is 11.3. The zero-order chi connectivity index (χ0) is 12.4. The fraction of sp³-hybridized carbons (Fsp3) is 0.625. The molecule has 0 spiro atoms. The van der Waals surface area contributed by atoms with Gasteiger partial charge in [0.05, 0.1) is 0 Å². The smallest absolute Gasteiger partial charge is 0.0208 e. The first kappa shape index (κ1) is 12.2. The summed E-state index contributed by atoms with van der Waals surface area (Å²) in [4.78, 5) is 0. The van der Waals surface area contributed by atoms with Gasteiger partial charge >= 0.3 is 0 Å². The molecule has 98 valence electrons. The van der Waals surface area contributed by atoms with Gasteiger partial charge in [-0.05, 0) is 60.9 Å². The van der Waals surface area contributed by atoms with Crippen LogP contribution in [-0.2, 0) is 19.5 Å². The van der Waals surface area contributed by atoms with E-state index in [2.05, 4.69) is 35.8 Å². The summed E-state index contributed by atoms with van der Waals surface area (Å²) in [6.45, 7) is 6.77. The van der Waals surface area contributed by atoms with Gasteiger partial charge in [-0.25, -0.2) is 0 Å². The number of benzene rings is 1. The van der Waals surface area contributed by atoms with Crippen LogP contribution in [0, 0.1) is 11.8 Å². The largest absolute Gasteiger partial charge is 0.312 e. The Morgan fingerprint density at radius 1 is 1.39 bits per heavy atom. The van der Waals surface area contributed by atoms with Gasteiger partial charge in [0, 0.05) is 13.1 Å². The summed E-state index contributed by atoms with van der Waals surface area (Å²) in [7, 11) is 0. The average molecular weight is 244 g/mol. The van der Waals surface area contributed by atoms with Gasteiger partial charge < -0.3 is 10.6 Å². The van der Waals surface area contributed by atoms with Crippen molar-refractivity contribution in [2.75, 3.05) is 13.1 Å². The standard InChI is InChI=1S/C16H24N2/c1-12(13-5-6-13)9-18-11-15-4-2-3-14-10-17-8-7-16(14)15/h2-4,12-13,17-18H,5-11H2,1H3. The molecule has 2 aliphatic rings. The lowest BCUT2D eigenvalue weighted by molar-refractivity contribution is 0.460. The Labute approximate surface area is 110 Å². The lowest BCUT2D eigenvalue weighted by Crippen LogP contribution is -2.27. The fourth-order valence-corrected chi connectivity index (χ4v) is 3.04. The van der Waals surface area contributed by atoms with E-state index in [0.29, 0.717) is 0 Å². The maximum atomic E-state index is 3.65. The van der Waals surface area contributed by atoms with Crippen molar-refractivity contribution in [3.05, 3.63) is 34.9 Å². The minimum Gasteiger partial charge on any atom is -0.312 e. The number of fused-ring (bicyclic) bond motifs is 1. The van der Waals surface area contributed by atoms with Gasteiger partial charge in [-0.15, -0.1) is 0 Å². The molecule has 1 unspecified atom stereocenters. The number of rotatable bonds is 5. The van der Waals surface area contributed by atoms with E-state index in [1.807, 2.05) is 0 Å². The topological polar surface area (TPSA) is 24.1 Å². The van der Waals surface area contributed by atoms with E-state index >= 15 is 0 Å². The second kappa shape index (κ2) is 5.41. The van der Waals surface area contributed by atoms with Crippen molar-refractivity contribution in [3.63, 3.8) is 0 Å². The molecule has 2 nitrogen and oxygen atoms in total. The molecular formula is C16H24N2. The monoisotopic (exact) mass is 244 g/mol. The predicted molar refractivity (Wildman–Crippen MR) is 75.4 cm³/mol. The maximum absolute atomic E-state index is 3.65. The molecule has 18 heavy (non-hydrogen) atoms. The first-order chi connectivity index (χ1) is 8.84. The highest BCUT2D eigenvalue weighted by atomic mass is 14.9. The molecule has 2 N–H and O–H groups in total. The summed E-state index contributed by atoms with van der Waals surface area (Å²) in [6, 6.07) is 6.75. The minimum atomic E-state index is 0.853. The third kappa shape index (κ3) is 2.76. The second-order valence-corrected chi connectivity index (χ2v) is 5.93. The van der Waals surface area contributed by atoms with Crippen LogP contribution in [0.3, 0.4) is 0 Å². The minimum absolute atomic E-state index is 0.853. The van der Waals surface area contributed by atoms with E-state index in [9.17, 15) is 0 Å². The molecule has 1 heterocycles. The van der Waals surface area contributed by atoms with Crippen LogP contribution in [0.25, 0.3) is 0 Å². The van der Waals surface area contributed by atoms with Crippen molar-refractivity contribution in [2.45, 2.75) is 39.3 Å². The Morgan fingerprint density at radius 2 is 2.28 bits per heavy atom. The summed E-state index contributed by atoms with van der Waals surface area (Å²) in [5.74, 6) is 1.86. The van der Waals surface area contributed by atoms with E-state index in [1.165, 1.54) is 36.9 Å². The lowest BCUT2D eigenvalue weighted by Gasteiger charge is -2.21. The Balaban J connectivity index is 1.58. The molecule has 1 aromatic rings. The number of hydrogen-bond donors (Lipinski definition) is 2. The molecule has 0 saturated heterocycles. The van der Waals surface area contributed by atoms with E-state index in [1.54, 1.807) is 5.56 Å². The Hall–Kier alpha value is -0.860. The van der Waals surface area contributed by atoms with Crippen LogP contribution in [0.4, 0.5) is 0 Å². The van der Waals surface area contributed by atoms with Crippen molar-refractivity contribution in [3.8, 4) is 0 Å². The van der Waals surface area contributed by atoms with Crippen molar-refractivity contribution < 1.29 is 0 Å². The van der Waals surface area contributed by atoms with Gasteiger partial charge in [0.15, 0.2) is 0 Å². The van der Waals surface area contributed by atoms with Crippen LogP contribution in [-0.4, -0.2) is 13.1 Å². The van der Waals surface area contributed by atoms with Crippen LogP contribution < -0.4 is 10.6 Å². The highest BCUT2D eigenvalue weighted by Crippen LogP contribution is 2.36. The Kier molecular flexibility index (Phi) is 3.67. The summed E-state index contributed by atoms with van der Waals surface area (Å²) < 4.78 is 0. The lowest BCUT2D eigenvalue weighted by atomic mass is 9.95. The Morgan fingerprint density at radius 3 is 3.11 bits per heavy atom. The second-order valence-electron chi connectivity index (χ2n) is 5.93. The summed E-state index contributed by atoms with van der Waals surface area (Å²) in [6.07, 6.45) is 4.09. The van der Waals surface area contributed by atoms with Crippen LogP contribution in [0.1, 0.15) is 36.5 Å². The summed E-state index contributed by atoms with van der Waals surface area (Å²) in [5.41, 5.74) is 4.59. The van der Waals surface area contributed by atoms with Crippen LogP contribution in [0.2, 0.25) is 0 Å². The molecule has 0 aromatic heterocycles. The van der Waals surface area contributed by atoms with Crippen molar-refractivity contribution in [2.24, 2.45) is 11.8 Å². The fourth-order valence-electron chi connectivity index (χ4n) is 3.04. The van der Waals surface area contributed by atoms with E-state index in [0.717, 1.165) is 31.5 Å². The molecular weight excluding hydrogens is 220 g/mol. The molecule has 0 bridgehead atoms. The summed E-state index contributed by atoms with van der Waals surface area (Å²) >= 11 is 0. The van der Waals surface area contributed by atoms with Crippen LogP contribution in [0.15, 0.2) is 18.2 Å². The Bertz CT molecular complexity index is 410.